The van der Waals surface area contributed by atoms with Gasteiger partial charge in [-0.15, -0.1) is 0 Å². The molecule has 142 valence electrons. The number of likely N-dealkylation sites (tertiary alicyclic amines) is 1. The summed E-state index contributed by atoms with van der Waals surface area (Å²) in [7, 11) is 0. The molecule has 1 saturated heterocycles. The lowest BCUT2D eigenvalue weighted by molar-refractivity contribution is -0.135. The van der Waals surface area contributed by atoms with Crippen LogP contribution in [0.15, 0.2) is 24.3 Å². The average Bonchev–Trinajstić information content (AvgIpc) is 3.52. The van der Waals surface area contributed by atoms with Gasteiger partial charge in [-0.3, -0.25) is 10.1 Å². The van der Waals surface area contributed by atoms with Crippen molar-refractivity contribution in [1.82, 2.24) is 10.2 Å². The van der Waals surface area contributed by atoms with Crippen molar-refractivity contribution in [2.24, 2.45) is 5.41 Å². The van der Waals surface area contributed by atoms with E-state index >= 15 is 0 Å². The molecule has 0 aromatic heterocycles. The van der Waals surface area contributed by atoms with Crippen LogP contribution in [0, 0.1) is 5.41 Å². The van der Waals surface area contributed by atoms with Gasteiger partial charge in [-0.1, -0.05) is 24.3 Å². The molecule has 1 heterocycles. The number of carbonyl (C=O) groups is 1. The van der Waals surface area contributed by atoms with Crippen molar-refractivity contribution in [3.05, 3.63) is 35.4 Å². The Balaban J connectivity index is 1.30. The Morgan fingerprint density at radius 3 is 2.27 bits per heavy atom. The number of hydrogen-bond acceptors (Lipinski definition) is 3. The SMILES string of the molecule is CC(NC(O)c1ccc(C2CC2(F)F)cc1)C(=O)N1CCC2(CC1)CC2. The third-order valence-corrected chi connectivity index (χ3v) is 6.35. The zero-order chi connectivity index (χ0) is 18.5. The highest BCUT2D eigenvalue weighted by molar-refractivity contribution is 5.81. The summed E-state index contributed by atoms with van der Waals surface area (Å²) in [6.45, 7) is 3.35. The molecule has 1 aromatic rings. The van der Waals surface area contributed by atoms with Gasteiger partial charge in [0.1, 0.15) is 6.23 Å². The number of nitrogens with one attached hydrogen (secondary N) is 1. The molecule has 1 aromatic carbocycles. The first-order valence-electron chi connectivity index (χ1n) is 9.50. The summed E-state index contributed by atoms with van der Waals surface area (Å²) in [5.74, 6) is -3.28. The van der Waals surface area contributed by atoms with Crippen molar-refractivity contribution in [2.75, 3.05) is 13.1 Å². The van der Waals surface area contributed by atoms with Gasteiger partial charge in [0.2, 0.25) is 5.91 Å². The second-order valence-corrected chi connectivity index (χ2v) is 8.30. The van der Waals surface area contributed by atoms with Crippen molar-refractivity contribution in [3.8, 4) is 0 Å². The van der Waals surface area contributed by atoms with Crippen LogP contribution in [0.25, 0.3) is 0 Å². The number of hydrogen-bond donors (Lipinski definition) is 2. The minimum Gasteiger partial charge on any atom is -0.374 e. The highest BCUT2D eigenvalue weighted by Crippen LogP contribution is 2.55. The standard InChI is InChI=1S/C20H26F2N2O2/c1-13(18(26)24-10-8-19(6-7-19)9-11-24)23-17(25)15-4-2-14(3-5-15)16-12-20(16,21)22/h2-5,13,16-17,23,25H,6-12H2,1H3. The minimum absolute atomic E-state index is 0.00814. The van der Waals surface area contributed by atoms with E-state index in [1.807, 2.05) is 4.90 Å². The quantitative estimate of drug-likeness (QED) is 0.789. The summed E-state index contributed by atoms with van der Waals surface area (Å²) in [6, 6.07) is 6.08. The molecule has 3 atom stereocenters. The lowest BCUT2D eigenvalue weighted by Gasteiger charge is -2.34. The van der Waals surface area contributed by atoms with E-state index in [9.17, 15) is 18.7 Å². The van der Waals surface area contributed by atoms with E-state index in [1.165, 1.54) is 12.8 Å². The van der Waals surface area contributed by atoms with Crippen LogP contribution < -0.4 is 5.32 Å². The number of aliphatic hydroxyl groups excluding tert-OH is 1. The monoisotopic (exact) mass is 364 g/mol. The topological polar surface area (TPSA) is 52.6 Å². The maximum Gasteiger partial charge on any atom is 0.255 e. The fraction of sp³-hybridized carbons (Fsp3) is 0.650. The van der Waals surface area contributed by atoms with Gasteiger partial charge >= 0.3 is 0 Å². The molecule has 2 saturated carbocycles. The minimum atomic E-state index is -2.59. The second kappa shape index (κ2) is 6.27. The molecule has 1 aliphatic heterocycles. The van der Waals surface area contributed by atoms with Crippen LogP contribution in [0.2, 0.25) is 0 Å². The summed E-state index contributed by atoms with van der Waals surface area (Å²) < 4.78 is 26.3. The normalized spacial score (nSPS) is 27.8. The molecule has 0 bridgehead atoms. The van der Waals surface area contributed by atoms with Crippen molar-refractivity contribution in [2.45, 2.75) is 63.1 Å². The summed E-state index contributed by atoms with van der Waals surface area (Å²) in [4.78, 5) is 14.5. The third kappa shape index (κ3) is 3.49. The van der Waals surface area contributed by atoms with E-state index in [1.54, 1.807) is 31.2 Å². The van der Waals surface area contributed by atoms with E-state index in [2.05, 4.69) is 5.32 Å². The first kappa shape index (κ1) is 17.9. The van der Waals surface area contributed by atoms with Gasteiger partial charge in [-0.25, -0.2) is 8.78 Å². The van der Waals surface area contributed by atoms with Gasteiger partial charge in [-0.2, -0.15) is 0 Å². The Morgan fingerprint density at radius 1 is 1.19 bits per heavy atom. The molecule has 3 unspecified atom stereocenters. The van der Waals surface area contributed by atoms with Crippen molar-refractivity contribution >= 4 is 5.91 Å². The van der Waals surface area contributed by atoms with Crippen LogP contribution in [0.1, 0.15) is 62.3 Å². The number of rotatable bonds is 5. The highest BCUT2D eigenvalue weighted by Gasteiger charge is 2.57. The van der Waals surface area contributed by atoms with Crippen molar-refractivity contribution in [1.29, 1.82) is 0 Å². The van der Waals surface area contributed by atoms with Crippen LogP contribution in [0.4, 0.5) is 8.78 Å². The van der Waals surface area contributed by atoms with Crippen LogP contribution in [0.5, 0.6) is 0 Å². The molecule has 6 heteroatoms. The average molecular weight is 364 g/mol. The van der Waals surface area contributed by atoms with Crippen LogP contribution in [0.3, 0.4) is 0 Å². The number of amides is 1. The van der Waals surface area contributed by atoms with Crippen LogP contribution in [-0.2, 0) is 4.79 Å². The van der Waals surface area contributed by atoms with Crippen LogP contribution >= 0.6 is 0 Å². The molecule has 2 aliphatic carbocycles. The van der Waals surface area contributed by atoms with Gasteiger partial charge in [0.25, 0.3) is 5.92 Å². The number of carbonyl (C=O) groups excluding carboxylic acids is 1. The van der Waals surface area contributed by atoms with Gasteiger partial charge in [0, 0.05) is 19.5 Å². The maximum absolute atomic E-state index is 13.1. The summed E-state index contributed by atoms with van der Waals surface area (Å²) in [6.07, 6.45) is 3.66. The molecule has 0 radical (unpaired) electrons. The van der Waals surface area contributed by atoms with Gasteiger partial charge in [0.15, 0.2) is 0 Å². The zero-order valence-electron chi connectivity index (χ0n) is 15.0. The largest absolute Gasteiger partial charge is 0.374 e. The molecule has 3 aliphatic rings. The first-order chi connectivity index (χ1) is 12.3. The molecule has 4 rings (SSSR count). The summed E-state index contributed by atoms with van der Waals surface area (Å²) in [5.41, 5.74) is 1.69. The number of benzene rings is 1. The summed E-state index contributed by atoms with van der Waals surface area (Å²) >= 11 is 0. The number of nitrogens with zero attached hydrogens (tertiary/aromatic N) is 1. The van der Waals surface area contributed by atoms with Gasteiger partial charge in [0.05, 0.1) is 12.0 Å². The Hall–Kier alpha value is -1.53. The lowest BCUT2D eigenvalue weighted by Crippen LogP contribution is -2.49. The third-order valence-electron chi connectivity index (χ3n) is 6.35. The molecule has 4 nitrogen and oxygen atoms in total. The molecule has 1 spiro atoms. The van der Waals surface area contributed by atoms with E-state index in [4.69, 9.17) is 0 Å². The van der Waals surface area contributed by atoms with Gasteiger partial charge in [-0.05, 0) is 49.1 Å². The second-order valence-electron chi connectivity index (χ2n) is 8.30. The van der Waals surface area contributed by atoms with E-state index in [0.29, 0.717) is 16.5 Å². The molecule has 2 N–H and O–H groups in total. The number of piperidine rings is 1. The number of halogens is 2. The maximum atomic E-state index is 13.1. The van der Waals surface area contributed by atoms with Crippen molar-refractivity contribution in [3.63, 3.8) is 0 Å². The predicted octanol–water partition coefficient (Wildman–Crippen LogP) is 3.18. The van der Waals surface area contributed by atoms with Crippen LogP contribution in [-0.4, -0.2) is 41.0 Å². The van der Waals surface area contributed by atoms with Gasteiger partial charge < -0.3 is 10.0 Å². The smallest absolute Gasteiger partial charge is 0.255 e. The Bertz CT molecular complexity index is 678. The Kier molecular flexibility index (Phi) is 4.31. The lowest BCUT2D eigenvalue weighted by atomic mass is 9.93. The molecular formula is C20H26F2N2O2. The van der Waals surface area contributed by atoms with Crippen molar-refractivity contribution < 1.29 is 18.7 Å². The Labute approximate surface area is 152 Å². The molecule has 26 heavy (non-hydrogen) atoms. The molecule has 1 amide bonds. The predicted molar refractivity (Wildman–Crippen MR) is 93.8 cm³/mol. The number of alkyl halides is 2. The van der Waals surface area contributed by atoms with E-state index in [-0.39, 0.29) is 12.3 Å². The first-order valence-corrected chi connectivity index (χ1v) is 9.50. The zero-order valence-corrected chi connectivity index (χ0v) is 15.0. The van der Waals surface area contributed by atoms with E-state index < -0.39 is 24.1 Å². The fourth-order valence-corrected chi connectivity index (χ4v) is 4.04. The Morgan fingerprint density at radius 2 is 1.77 bits per heavy atom. The fourth-order valence-electron chi connectivity index (χ4n) is 4.04. The molecular weight excluding hydrogens is 338 g/mol. The summed E-state index contributed by atoms with van der Waals surface area (Å²) in [5, 5.41) is 13.3. The van der Waals surface area contributed by atoms with E-state index in [0.717, 1.165) is 25.9 Å². The molecule has 3 fully saturated rings. The highest BCUT2D eigenvalue weighted by atomic mass is 19.3. The number of aliphatic hydroxyl groups is 1.